The number of morpholine rings is 1. The molecule has 0 amide bonds. The Hall–Kier alpha value is -4.65. The number of aromatic hydroxyl groups is 1. The average Bonchev–Trinajstić information content (AvgIpc) is 3.56. The molecule has 2 aliphatic heterocycles. The molecule has 1 saturated heterocycles. The van der Waals surface area contributed by atoms with Gasteiger partial charge in [0, 0.05) is 57.4 Å². The number of hydrogen-bond acceptors (Lipinski definition) is 8. The first-order valence-electron chi connectivity index (χ1n) is 17.8. The molecule has 2 fully saturated rings. The van der Waals surface area contributed by atoms with Crippen molar-refractivity contribution in [3.05, 3.63) is 105 Å². The summed E-state index contributed by atoms with van der Waals surface area (Å²) in [4.78, 5) is 39.7. The van der Waals surface area contributed by atoms with Gasteiger partial charge >= 0.3 is 5.69 Å². The van der Waals surface area contributed by atoms with E-state index in [2.05, 4.69) is 26.0 Å². The maximum atomic E-state index is 14.6. The number of rotatable bonds is 8. The van der Waals surface area contributed by atoms with E-state index in [1.807, 2.05) is 24.3 Å². The van der Waals surface area contributed by atoms with Crippen molar-refractivity contribution in [2.75, 3.05) is 26.3 Å². The minimum Gasteiger partial charge on any atom is -0.508 e. The summed E-state index contributed by atoms with van der Waals surface area (Å²) < 4.78 is 25.1. The van der Waals surface area contributed by atoms with Crippen molar-refractivity contribution in [2.45, 2.75) is 76.7 Å². The lowest BCUT2D eigenvalue weighted by molar-refractivity contribution is 0.0342. The summed E-state index contributed by atoms with van der Waals surface area (Å²) in [5, 5.41) is 14.1. The van der Waals surface area contributed by atoms with Gasteiger partial charge in [-0.25, -0.2) is 23.7 Å². The van der Waals surface area contributed by atoms with E-state index in [0.717, 1.165) is 73.3 Å². The molecular formula is C38H42FN7O4. The van der Waals surface area contributed by atoms with E-state index in [1.54, 1.807) is 18.2 Å². The summed E-state index contributed by atoms with van der Waals surface area (Å²) in [5.74, 6) is 0.710. The van der Waals surface area contributed by atoms with Gasteiger partial charge in [-0.1, -0.05) is 18.2 Å². The summed E-state index contributed by atoms with van der Waals surface area (Å²) in [6.07, 6.45) is 9.47. The summed E-state index contributed by atoms with van der Waals surface area (Å²) in [6, 6.07) is 13.9. The molecule has 0 atom stereocenters. The van der Waals surface area contributed by atoms with Crippen LogP contribution in [0.4, 0.5) is 4.39 Å². The Morgan fingerprint density at radius 1 is 0.980 bits per heavy atom. The Morgan fingerprint density at radius 3 is 2.64 bits per heavy atom. The number of benzene rings is 2. The molecule has 0 spiro atoms. The van der Waals surface area contributed by atoms with E-state index in [0.29, 0.717) is 44.8 Å². The Labute approximate surface area is 289 Å². The average molecular weight is 680 g/mol. The molecule has 1 saturated carbocycles. The molecule has 0 unspecified atom stereocenters. The maximum absolute atomic E-state index is 14.6. The molecule has 2 N–H and O–H groups in total. The van der Waals surface area contributed by atoms with E-state index in [9.17, 15) is 19.1 Å². The van der Waals surface area contributed by atoms with Gasteiger partial charge in [-0.05, 0) is 85.5 Å². The van der Waals surface area contributed by atoms with Crippen LogP contribution >= 0.6 is 0 Å². The molecule has 11 nitrogen and oxygen atoms in total. The zero-order valence-corrected chi connectivity index (χ0v) is 28.1. The first kappa shape index (κ1) is 32.5. The normalized spacial score (nSPS) is 19.9. The highest BCUT2D eigenvalue weighted by molar-refractivity contribution is 5.77. The van der Waals surface area contributed by atoms with Crippen LogP contribution in [0.2, 0.25) is 0 Å². The van der Waals surface area contributed by atoms with E-state index in [1.165, 1.54) is 28.0 Å². The van der Waals surface area contributed by atoms with Crippen LogP contribution in [0.15, 0.2) is 70.5 Å². The number of halogens is 1. The van der Waals surface area contributed by atoms with Crippen LogP contribution in [0, 0.1) is 5.82 Å². The van der Waals surface area contributed by atoms with Gasteiger partial charge in [-0.3, -0.25) is 14.3 Å². The minimum absolute atomic E-state index is 0.0663. The predicted molar refractivity (Wildman–Crippen MR) is 188 cm³/mol. The van der Waals surface area contributed by atoms with Crippen LogP contribution in [0.1, 0.15) is 61.6 Å². The number of nitrogens with zero attached hydrogens (tertiary/aromatic N) is 6. The van der Waals surface area contributed by atoms with E-state index in [-0.39, 0.29) is 28.9 Å². The first-order valence-corrected chi connectivity index (χ1v) is 17.8. The van der Waals surface area contributed by atoms with Crippen molar-refractivity contribution in [3.8, 4) is 22.6 Å². The van der Waals surface area contributed by atoms with Gasteiger partial charge in [0.25, 0.3) is 5.56 Å². The zero-order valence-electron chi connectivity index (χ0n) is 28.1. The number of phenolic OH excluding ortho intramolecular Hbond substituents is 1. The second-order valence-electron chi connectivity index (χ2n) is 13.8. The molecule has 1 aliphatic carbocycles. The van der Waals surface area contributed by atoms with E-state index >= 15 is 0 Å². The van der Waals surface area contributed by atoms with Crippen LogP contribution in [0.5, 0.6) is 5.75 Å². The fraction of sp³-hybridized carbons (Fsp3) is 0.421. The zero-order chi connectivity index (χ0) is 34.2. The number of aromatic nitrogens is 5. The number of nitrogens with one attached hydrogen (secondary N) is 1. The molecule has 2 aromatic carbocycles. The molecule has 3 aliphatic rings. The lowest BCUT2D eigenvalue weighted by Crippen LogP contribution is -2.44. The Morgan fingerprint density at radius 2 is 1.82 bits per heavy atom. The number of fused-ring (bicyclic) bond motifs is 2. The van der Waals surface area contributed by atoms with Crippen LogP contribution in [0.25, 0.3) is 27.8 Å². The highest BCUT2D eigenvalue weighted by Crippen LogP contribution is 2.31. The standard InChI is InChI=1S/C38H42FN7O4/c39-27-20-34-36(41-21-27)45(31-5-3-4-25(18-31)33-12-11-32(47)19-26(33)23-43-14-16-50-17-15-43)38(49)46(37(34)48)30-9-7-28(8-10-30)40-22-29-24-44-13-2-1-6-35(44)42-29/h3-5,11-12,18-21,24,28,30,40,47H,1-2,6-10,13-17,22-23H2. The molecule has 5 heterocycles. The summed E-state index contributed by atoms with van der Waals surface area (Å²) >= 11 is 0. The van der Waals surface area contributed by atoms with Crippen LogP contribution in [0.3, 0.4) is 0 Å². The summed E-state index contributed by atoms with van der Waals surface area (Å²) in [6.45, 7) is 5.27. The van der Waals surface area contributed by atoms with E-state index < -0.39 is 17.1 Å². The lowest BCUT2D eigenvalue weighted by Gasteiger charge is -2.30. The molecule has 0 bridgehead atoms. The number of hydrogen-bond donors (Lipinski definition) is 2. The third-order valence-corrected chi connectivity index (χ3v) is 10.5. The molecule has 5 aromatic rings. The molecule has 3 aromatic heterocycles. The lowest BCUT2D eigenvalue weighted by atomic mass is 9.91. The van der Waals surface area contributed by atoms with Crippen molar-refractivity contribution in [1.29, 1.82) is 0 Å². The van der Waals surface area contributed by atoms with Gasteiger partial charge in [0.15, 0.2) is 5.65 Å². The highest BCUT2D eigenvalue weighted by Gasteiger charge is 2.28. The smallest absolute Gasteiger partial charge is 0.337 e. The van der Waals surface area contributed by atoms with Gasteiger partial charge in [-0.15, -0.1) is 0 Å². The molecule has 8 rings (SSSR count). The van der Waals surface area contributed by atoms with Crippen LogP contribution in [-0.2, 0) is 30.8 Å². The molecule has 50 heavy (non-hydrogen) atoms. The van der Waals surface area contributed by atoms with Crippen molar-refractivity contribution in [1.82, 2.24) is 33.9 Å². The van der Waals surface area contributed by atoms with Gasteiger partial charge in [-0.2, -0.15) is 0 Å². The maximum Gasteiger partial charge on any atom is 0.337 e. The Kier molecular flexibility index (Phi) is 9.07. The third kappa shape index (κ3) is 6.50. The third-order valence-electron chi connectivity index (χ3n) is 10.5. The monoisotopic (exact) mass is 679 g/mol. The van der Waals surface area contributed by atoms with Crippen molar-refractivity contribution in [2.24, 2.45) is 0 Å². The number of pyridine rings is 1. The van der Waals surface area contributed by atoms with Gasteiger partial charge < -0.3 is 19.7 Å². The molecule has 12 heteroatoms. The second-order valence-corrected chi connectivity index (χ2v) is 13.8. The second kappa shape index (κ2) is 13.9. The summed E-state index contributed by atoms with van der Waals surface area (Å²) in [7, 11) is 0. The summed E-state index contributed by atoms with van der Waals surface area (Å²) in [5.41, 5.74) is 3.40. The van der Waals surface area contributed by atoms with Crippen molar-refractivity contribution in [3.63, 3.8) is 0 Å². The van der Waals surface area contributed by atoms with Crippen LogP contribution in [-0.4, -0.2) is 66.0 Å². The van der Waals surface area contributed by atoms with Crippen molar-refractivity contribution >= 4 is 11.0 Å². The molecule has 260 valence electrons. The van der Waals surface area contributed by atoms with Gasteiger partial charge in [0.1, 0.15) is 17.4 Å². The fourth-order valence-electron chi connectivity index (χ4n) is 7.89. The number of aryl methyl sites for hydroxylation is 2. The first-order chi connectivity index (χ1) is 24.4. The largest absolute Gasteiger partial charge is 0.508 e. The number of phenols is 1. The van der Waals surface area contributed by atoms with Gasteiger partial charge in [0.2, 0.25) is 0 Å². The fourth-order valence-corrected chi connectivity index (χ4v) is 7.89. The Bertz CT molecular complexity index is 2120. The topological polar surface area (TPSA) is 119 Å². The van der Waals surface area contributed by atoms with Gasteiger partial charge in [0.05, 0.1) is 36.2 Å². The molecule has 0 radical (unpaired) electrons. The van der Waals surface area contributed by atoms with E-state index in [4.69, 9.17) is 9.72 Å². The minimum atomic E-state index is -0.633. The number of imidazole rings is 1. The Balaban J connectivity index is 1.09. The van der Waals surface area contributed by atoms with Crippen LogP contribution < -0.4 is 16.6 Å². The molecular weight excluding hydrogens is 637 g/mol. The number of ether oxygens (including phenoxy) is 1. The quantitative estimate of drug-likeness (QED) is 0.243. The highest BCUT2D eigenvalue weighted by atomic mass is 19.1. The SMILES string of the molecule is O=c1c2cc(F)cnc2n(-c2cccc(-c3ccc(O)cc3CN3CCOCC3)c2)c(=O)n1C1CCC(NCc2cn3c(n2)CCCC3)CC1. The predicted octanol–water partition coefficient (Wildman–Crippen LogP) is 4.70. The van der Waals surface area contributed by atoms with Crippen molar-refractivity contribution < 1.29 is 14.2 Å².